The number of nitrogens with one attached hydrogen (secondary N) is 1. The van der Waals surface area contributed by atoms with Crippen molar-refractivity contribution in [2.24, 2.45) is 10.7 Å². The average molecular weight is 366 g/mol. The Kier molecular flexibility index (Phi) is 6.94. The van der Waals surface area contributed by atoms with Crippen molar-refractivity contribution in [1.29, 1.82) is 0 Å². The van der Waals surface area contributed by atoms with Gasteiger partial charge < -0.3 is 15.8 Å². The molecule has 0 amide bonds. The van der Waals surface area contributed by atoms with Gasteiger partial charge in [-0.2, -0.15) is 5.10 Å². The van der Waals surface area contributed by atoms with Crippen molar-refractivity contribution < 1.29 is 4.74 Å². The number of guanidine groups is 1. The van der Waals surface area contributed by atoms with Crippen molar-refractivity contribution in [2.45, 2.75) is 25.5 Å². The van der Waals surface area contributed by atoms with Crippen LogP contribution in [0.25, 0.3) is 0 Å². The summed E-state index contributed by atoms with van der Waals surface area (Å²) in [6.07, 6.45) is 5.62. The van der Waals surface area contributed by atoms with E-state index < -0.39 is 0 Å². The van der Waals surface area contributed by atoms with E-state index in [1.54, 1.807) is 11.0 Å². The number of nitrogens with zero attached hydrogens (tertiary/aromatic N) is 4. The van der Waals surface area contributed by atoms with Gasteiger partial charge in [-0.3, -0.25) is 9.67 Å². The van der Waals surface area contributed by atoms with Crippen LogP contribution in [-0.4, -0.2) is 46.5 Å². The molecule has 1 aromatic rings. The summed E-state index contributed by atoms with van der Waals surface area (Å²) in [5, 5.41) is 7.02. The number of ether oxygens (including phenoxy) is 1. The molecule has 2 heterocycles. The third-order valence-electron chi connectivity index (χ3n) is 2.60. The molecular weight excluding hydrogens is 347 g/mol. The van der Waals surface area contributed by atoms with Gasteiger partial charge in [-0.05, 0) is 12.8 Å². The standard InChI is InChI=1S/C10H18N6O.HI/c11-10(14-6-9-2-1-5-17-9)13-3-4-16-8-12-7-15-16;/h7-9H,1-6H2,(H3,11,13,14);1H. The molecule has 3 N–H and O–H groups in total. The molecule has 2 rings (SSSR count). The van der Waals surface area contributed by atoms with Gasteiger partial charge in [0.05, 0.1) is 19.2 Å². The SMILES string of the molecule is I.NC(=NCC1CCCO1)NCCn1cncn1. The summed E-state index contributed by atoms with van der Waals surface area (Å²) in [7, 11) is 0. The first-order valence-electron chi connectivity index (χ1n) is 5.82. The van der Waals surface area contributed by atoms with Gasteiger partial charge in [0.2, 0.25) is 0 Å². The number of nitrogens with two attached hydrogens (primary N) is 1. The van der Waals surface area contributed by atoms with Crippen LogP contribution in [0.3, 0.4) is 0 Å². The van der Waals surface area contributed by atoms with E-state index in [2.05, 4.69) is 20.4 Å². The van der Waals surface area contributed by atoms with Crippen LogP contribution in [0.15, 0.2) is 17.6 Å². The van der Waals surface area contributed by atoms with Crippen LogP contribution in [0.1, 0.15) is 12.8 Å². The minimum Gasteiger partial charge on any atom is -0.376 e. The number of halogens is 1. The minimum absolute atomic E-state index is 0. The molecule has 1 saturated heterocycles. The third kappa shape index (κ3) is 5.17. The third-order valence-corrected chi connectivity index (χ3v) is 2.60. The maximum Gasteiger partial charge on any atom is 0.188 e. The van der Waals surface area contributed by atoms with Gasteiger partial charge in [0.15, 0.2) is 5.96 Å². The molecule has 0 radical (unpaired) electrons. The second kappa shape index (κ2) is 8.25. The quantitative estimate of drug-likeness (QED) is 0.434. The topological polar surface area (TPSA) is 90.3 Å². The molecule has 0 aromatic carbocycles. The van der Waals surface area contributed by atoms with Crippen molar-refractivity contribution in [3.8, 4) is 0 Å². The summed E-state index contributed by atoms with van der Waals surface area (Å²) < 4.78 is 7.19. The first-order chi connectivity index (χ1) is 8.34. The molecule has 7 nitrogen and oxygen atoms in total. The summed E-state index contributed by atoms with van der Waals surface area (Å²) in [6.45, 7) is 2.89. The number of hydrogen-bond donors (Lipinski definition) is 2. The fourth-order valence-corrected chi connectivity index (χ4v) is 1.69. The maximum atomic E-state index is 5.73. The molecule has 0 aliphatic carbocycles. The molecule has 1 aliphatic rings. The molecule has 1 aliphatic heterocycles. The maximum absolute atomic E-state index is 5.73. The highest BCUT2D eigenvalue weighted by Gasteiger charge is 2.14. The summed E-state index contributed by atoms with van der Waals surface area (Å²) >= 11 is 0. The highest BCUT2D eigenvalue weighted by atomic mass is 127. The van der Waals surface area contributed by atoms with Crippen molar-refractivity contribution in [1.82, 2.24) is 20.1 Å². The lowest BCUT2D eigenvalue weighted by atomic mass is 10.2. The van der Waals surface area contributed by atoms with Gasteiger partial charge in [0.25, 0.3) is 0 Å². The Morgan fingerprint density at radius 2 is 2.50 bits per heavy atom. The minimum atomic E-state index is 0. The van der Waals surface area contributed by atoms with E-state index in [-0.39, 0.29) is 30.1 Å². The Labute approximate surface area is 123 Å². The van der Waals surface area contributed by atoms with Gasteiger partial charge >= 0.3 is 0 Å². The number of aliphatic imine (C=N–C) groups is 1. The molecule has 0 spiro atoms. The fraction of sp³-hybridized carbons (Fsp3) is 0.700. The zero-order valence-corrected chi connectivity index (χ0v) is 12.5. The highest BCUT2D eigenvalue weighted by molar-refractivity contribution is 14.0. The van der Waals surface area contributed by atoms with E-state index in [1.807, 2.05) is 0 Å². The number of aromatic nitrogens is 3. The molecular formula is C10H19IN6O. The van der Waals surface area contributed by atoms with Gasteiger partial charge in [-0.25, -0.2) is 4.98 Å². The van der Waals surface area contributed by atoms with Crippen molar-refractivity contribution in [3.05, 3.63) is 12.7 Å². The first-order valence-corrected chi connectivity index (χ1v) is 5.82. The molecule has 0 bridgehead atoms. The summed E-state index contributed by atoms with van der Waals surface area (Å²) in [6, 6.07) is 0. The van der Waals surface area contributed by atoms with Gasteiger partial charge in [0, 0.05) is 13.2 Å². The predicted octanol–water partition coefficient (Wildman–Crippen LogP) is -0.0206. The predicted molar refractivity (Wildman–Crippen MR) is 78.9 cm³/mol. The zero-order valence-electron chi connectivity index (χ0n) is 10.2. The second-order valence-electron chi connectivity index (χ2n) is 3.95. The van der Waals surface area contributed by atoms with Crippen LogP contribution >= 0.6 is 24.0 Å². The molecule has 8 heteroatoms. The summed E-state index contributed by atoms with van der Waals surface area (Å²) in [5.74, 6) is 0.459. The van der Waals surface area contributed by atoms with E-state index in [9.17, 15) is 0 Å². The van der Waals surface area contributed by atoms with Crippen LogP contribution in [-0.2, 0) is 11.3 Å². The number of rotatable bonds is 5. The van der Waals surface area contributed by atoms with E-state index in [4.69, 9.17) is 10.5 Å². The van der Waals surface area contributed by atoms with Crippen LogP contribution < -0.4 is 11.1 Å². The molecule has 0 saturated carbocycles. The molecule has 18 heavy (non-hydrogen) atoms. The Morgan fingerprint density at radius 1 is 1.61 bits per heavy atom. The van der Waals surface area contributed by atoms with Crippen LogP contribution in [0, 0.1) is 0 Å². The van der Waals surface area contributed by atoms with Crippen molar-refractivity contribution >= 4 is 29.9 Å². The van der Waals surface area contributed by atoms with Crippen LogP contribution in [0.4, 0.5) is 0 Å². The zero-order chi connectivity index (χ0) is 11.9. The van der Waals surface area contributed by atoms with E-state index in [0.717, 1.165) is 26.0 Å². The van der Waals surface area contributed by atoms with Gasteiger partial charge in [-0.15, -0.1) is 24.0 Å². The number of hydrogen-bond acceptors (Lipinski definition) is 4. The van der Waals surface area contributed by atoms with E-state index >= 15 is 0 Å². The van der Waals surface area contributed by atoms with E-state index in [0.29, 0.717) is 19.0 Å². The highest BCUT2D eigenvalue weighted by Crippen LogP contribution is 2.11. The Balaban J connectivity index is 0.00000162. The molecule has 1 unspecified atom stereocenters. The van der Waals surface area contributed by atoms with E-state index in [1.165, 1.54) is 6.33 Å². The van der Waals surface area contributed by atoms with Crippen LogP contribution in [0.2, 0.25) is 0 Å². The molecule has 1 fully saturated rings. The lowest BCUT2D eigenvalue weighted by Gasteiger charge is -2.08. The lowest BCUT2D eigenvalue weighted by Crippen LogP contribution is -2.35. The second-order valence-corrected chi connectivity index (χ2v) is 3.95. The lowest BCUT2D eigenvalue weighted by molar-refractivity contribution is 0.118. The Bertz CT molecular complexity index is 349. The normalized spacial score (nSPS) is 19.6. The first kappa shape index (κ1) is 15.2. The van der Waals surface area contributed by atoms with Crippen LogP contribution in [0.5, 0.6) is 0 Å². The van der Waals surface area contributed by atoms with Crippen molar-refractivity contribution in [3.63, 3.8) is 0 Å². The smallest absolute Gasteiger partial charge is 0.188 e. The largest absolute Gasteiger partial charge is 0.376 e. The Morgan fingerprint density at radius 3 is 3.17 bits per heavy atom. The molecule has 102 valence electrons. The van der Waals surface area contributed by atoms with Gasteiger partial charge in [-0.1, -0.05) is 0 Å². The molecule has 1 atom stereocenters. The summed E-state index contributed by atoms with van der Waals surface area (Å²) in [5.41, 5.74) is 5.73. The fourth-order valence-electron chi connectivity index (χ4n) is 1.69. The Hall–Kier alpha value is -0.900. The molecule has 1 aromatic heterocycles. The average Bonchev–Trinajstić information content (AvgIpc) is 2.99. The summed E-state index contributed by atoms with van der Waals surface area (Å²) in [4.78, 5) is 8.09. The van der Waals surface area contributed by atoms with Gasteiger partial charge in [0.1, 0.15) is 12.7 Å². The van der Waals surface area contributed by atoms with Crippen molar-refractivity contribution in [2.75, 3.05) is 19.7 Å². The monoisotopic (exact) mass is 366 g/mol.